The predicted octanol–water partition coefficient (Wildman–Crippen LogP) is 3.92. The third-order valence-electron chi connectivity index (χ3n) is 4.28. The predicted molar refractivity (Wildman–Crippen MR) is 102 cm³/mol. The van der Waals surface area contributed by atoms with Gasteiger partial charge in [-0.15, -0.1) is 0 Å². The van der Waals surface area contributed by atoms with E-state index in [0.29, 0.717) is 16.3 Å². The summed E-state index contributed by atoms with van der Waals surface area (Å²) in [5.74, 6) is -0.674. The summed E-state index contributed by atoms with van der Waals surface area (Å²) in [5.41, 5.74) is 1.16. The van der Waals surface area contributed by atoms with Crippen molar-refractivity contribution in [1.29, 1.82) is 0 Å². The van der Waals surface area contributed by atoms with Gasteiger partial charge in [0.2, 0.25) is 0 Å². The number of fused-ring (bicyclic) bond motifs is 2. The molecule has 0 spiro atoms. The van der Waals surface area contributed by atoms with E-state index < -0.39 is 10.0 Å². The van der Waals surface area contributed by atoms with E-state index in [0.717, 1.165) is 0 Å². The normalized spacial score (nSPS) is 13.1. The molecule has 0 unspecified atom stereocenters. The molecule has 3 aromatic carbocycles. The fourth-order valence-electron chi connectivity index (χ4n) is 3.01. The van der Waals surface area contributed by atoms with Crippen LogP contribution in [0.15, 0.2) is 71.6 Å². The van der Waals surface area contributed by atoms with Gasteiger partial charge in [0.25, 0.3) is 10.0 Å². The molecule has 0 heterocycles. The summed E-state index contributed by atoms with van der Waals surface area (Å²) < 4.78 is 27.8. The molecule has 1 aliphatic carbocycles. The van der Waals surface area contributed by atoms with Crippen molar-refractivity contribution in [1.82, 2.24) is 0 Å². The fourth-order valence-corrected chi connectivity index (χ4v) is 4.28. The minimum Gasteiger partial charge on any atom is -0.289 e. The molecule has 0 aromatic heterocycles. The van der Waals surface area contributed by atoms with E-state index in [1.807, 2.05) is 0 Å². The second-order valence-electron chi connectivity index (χ2n) is 6.03. The van der Waals surface area contributed by atoms with E-state index in [1.54, 1.807) is 42.5 Å². The van der Waals surface area contributed by atoms with Gasteiger partial charge in [0.15, 0.2) is 11.6 Å². The Bertz CT molecular complexity index is 1220. The number of ketones is 2. The van der Waals surface area contributed by atoms with Crippen LogP contribution in [0.25, 0.3) is 0 Å². The molecule has 0 radical (unpaired) electrons. The van der Waals surface area contributed by atoms with Crippen LogP contribution in [0.3, 0.4) is 0 Å². The number of halogens is 1. The minimum atomic E-state index is -3.95. The van der Waals surface area contributed by atoms with Crippen LogP contribution in [0, 0.1) is 0 Å². The van der Waals surface area contributed by atoms with Crippen molar-refractivity contribution < 1.29 is 18.0 Å². The lowest BCUT2D eigenvalue weighted by Gasteiger charge is -2.18. The quantitative estimate of drug-likeness (QED) is 0.568. The molecular formula is C20H12ClNO4S. The molecule has 7 heteroatoms. The first kappa shape index (κ1) is 17.5. The molecule has 0 aliphatic heterocycles. The van der Waals surface area contributed by atoms with Crippen molar-refractivity contribution in [2.45, 2.75) is 4.90 Å². The van der Waals surface area contributed by atoms with Crippen LogP contribution < -0.4 is 4.72 Å². The number of rotatable bonds is 3. The van der Waals surface area contributed by atoms with Gasteiger partial charge < -0.3 is 0 Å². The molecule has 3 aromatic rings. The Morgan fingerprint density at radius 1 is 0.704 bits per heavy atom. The van der Waals surface area contributed by atoms with Crippen molar-refractivity contribution in [2.75, 3.05) is 4.72 Å². The van der Waals surface area contributed by atoms with Crippen LogP contribution in [-0.2, 0) is 10.0 Å². The topological polar surface area (TPSA) is 80.3 Å². The van der Waals surface area contributed by atoms with E-state index >= 15 is 0 Å². The summed E-state index contributed by atoms with van der Waals surface area (Å²) in [4.78, 5) is 25.3. The first-order valence-electron chi connectivity index (χ1n) is 7.98. The highest BCUT2D eigenvalue weighted by Crippen LogP contribution is 2.29. The third kappa shape index (κ3) is 3.03. The van der Waals surface area contributed by atoms with Crippen molar-refractivity contribution in [3.8, 4) is 0 Å². The molecule has 27 heavy (non-hydrogen) atoms. The summed E-state index contributed by atoms with van der Waals surface area (Å²) in [7, 11) is -3.95. The van der Waals surface area contributed by atoms with E-state index in [2.05, 4.69) is 4.72 Å². The molecule has 0 saturated carbocycles. The van der Waals surface area contributed by atoms with Gasteiger partial charge in [-0.1, -0.05) is 41.9 Å². The number of benzene rings is 3. The van der Waals surface area contributed by atoms with Crippen molar-refractivity contribution in [3.63, 3.8) is 0 Å². The van der Waals surface area contributed by atoms with Crippen LogP contribution in [0.2, 0.25) is 5.02 Å². The molecule has 0 fully saturated rings. The lowest BCUT2D eigenvalue weighted by molar-refractivity contribution is 0.0979. The van der Waals surface area contributed by atoms with Crippen molar-refractivity contribution in [2.24, 2.45) is 0 Å². The number of hydrogen-bond acceptors (Lipinski definition) is 4. The smallest absolute Gasteiger partial charge is 0.261 e. The minimum absolute atomic E-state index is 0.0765. The standard InChI is InChI=1S/C20H12ClNO4S/c21-12-4-3-5-13(10-12)22-27(25,26)14-8-9-17-18(11-14)20(24)16-7-2-1-6-15(16)19(17)23/h1-11,22H. The summed E-state index contributed by atoms with van der Waals surface area (Å²) in [5, 5.41) is 0.387. The van der Waals surface area contributed by atoms with E-state index in [9.17, 15) is 18.0 Å². The number of carbonyl (C=O) groups is 2. The average Bonchev–Trinajstić information content (AvgIpc) is 2.65. The van der Waals surface area contributed by atoms with Gasteiger partial charge in [-0.3, -0.25) is 14.3 Å². The van der Waals surface area contributed by atoms with E-state index in [-0.39, 0.29) is 33.2 Å². The van der Waals surface area contributed by atoms with Gasteiger partial charge >= 0.3 is 0 Å². The highest BCUT2D eigenvalue weighted by molar-refractivity contribution is 7.92. The molecule has 0 saturated heterocycles. The SMILES string of the molecule is O=C1c2ccccc2C(=O)c2cc(S(=O)(=O)Nc3cccc(Cl)c3)ccc21. The van der Waals surface area contributed by atoms with Crippen LogP contribution in [0.4, 0.5) is 5.69 Å². The molecule has 5 nitrogen and oxygen atoms in total. The molecule has 4 rings (SSSR count). The molecule has 1 aliphatic rings. The van der Waals surface area contributed by atoms with Gasteiger partial charge in [-0.2, -0.15) is 0 Å². The van der Waals surface area contributed by atoms with Crippen LogP contribution in [0.1, 0.15) is 31.8 Å². The van der Waals surface area contributed by atoms with Crippen LogP contribution in [0.5, 0.6) is 0 Å². The van der Waals surface area contributed by atoms with Gasteiger partial charge in [0, 0.05) is 27.3 Å². The number of nitrogens with one attached hydrogen (secondary N) is 1. The van der Waals surface area contributed by atoms with E-state index in [1.165, 1.54) is 24.3 Å². The Balaban J connectivity index is 1.77. The van der Waals surface area contributed by atoms with Gasteiger partial charge in [0.1, 0.15) is 0 Å². The molecule has 0 bridgehead atoms. The molecule has 134 valence electrons. The highest BCUT2D eigenvalue weighted by Gasteiger charge is 2.30. The zero-order valence-electron chi connectivity index (χ0n) is 13.8. The maximum Gasteiger partial charge on any atom is 0.261 e. The second kappa shape index (κ2) is 6.33. The highest BCUT2D eigenvalue weighted by atomic mass is 35.5. The number of hydrogen-bond donors (Lipinski definition) is 1. The molecule has 0 amide bonds. The fraction of sp³-hybridized carbons (Fsp3) is 0. The van der Waals surface area contributed by atoms with Gasteiger partial charge in [-0.05, 0) is 36.4 Å². The third-order valence-corrected chi connectivity index (χ3v) is 5.90. The molecule has 1 N–H and O–H groups in total. The Morgan fingerprint density at radius 2 is 1.33 bits per heavy atom. The monoisotopic (exact) mass is 397 g/mol. The molecule has 0 atom stereocenters. The Kier molecular flexibility index (Phi) is 4.09. The second-order valence-corrected chi connectivity index (χ2v) is 8.15. The maximum atomic E-state index is 12.8. The first-order chi connectivity index (χ1) is 12.9. The Morgan fingerprint density at radius 3 is 2.00 bits per heavy atom. The summed E-state index contributed by atoms with van der Waals surface area (Å²) in [6.07, 6.45) is 0. The number of carbonyl (C=O) groups excluding carboxylic acids is 2. The maximum absolute atomic E-state index is 12.8. The average molecular weight is 398 g/mol. The summed E-state index contributed by atoms with van der Waals surface area (Å²) in [6, 6.07) is 16.7. The lowest BCUT2D eigenvalue weighted by Crippen LogP contribution is -2.22. The zero-order chi connectivity index (χ0) is 19.2. The Hall–Kier alpha value is -2.96. The zero-order valence-corrected chi connectivity index (χ0v) is 15.3. The van der Waals surface area contributed by atoms with Crippen molar-refractivity contribution >= 4 is 38.9 Å². The molecular weight excluding hydrogens is 386 g/mol. The van der Waals surface area contributed by atoms with Gasteiger partial charge in [-0.25, -0.2) is 8.42 Å². The Labute approximate surface area is 160 Å². The first-order valence-corrected chi connectivity index (χ1v) is 9.84. The van der Waals surface area contributed by atoms with E-state index in [4.69, 9.17) is 11.6 Å². The van der Waals surface area contributed by atoms with Gasteiger partial charge in [0.05, 0.1) is 10.6 Å². The number of sulfonamides is 1. The van der Waals surface area contributed by atoms with Crippen LogP contribution >= 0.6 is 11.6 Å². The largest absolute Gasteiger partial charge is 0.289 e. The van der Waals surface area contributed by atoms with Crippen molar-refractivity contribution in [3.05, 3.63) is 94.0 Å². The number of anilines is 1. The van der Waals surface area contributed by atoms with Crippen LogP contribution in [-0.4, -0.2) is 20.0 Å². The summed E-state index contributed by atoms with van der Waals surface area (Å²) >= 11 is 5.88. The lowest BCUT2D eigenvalue weighted by atomic mass is 9.84. The summed E-state index contributed by atoms with van der Waals surface area (Å²) in [6.45, 7) is 0.